The van der Waals surface area contributed by atoms with E-state index >= 15 is 0 Å². The second kappa shape index (κ2) is 3.92. The number of rotatable bonds is 2. The Labute approximate surface area is 96.3 Å². The molecule has 0 saturated heterocycles. The Bertz CT molecular complexity index is 546. The molecule has 0 unspecified atom stereocenters. The van der Waals surface area contributed by atoms with Crippen LogP contribution in [0, 0.1) is 5.51 Å². The molecule has 1 radical (unpaired) electrons. The van der Waals surface area contributed by atoms with E-state index in [4.69, 9.17) is 11.6 Å². The summed E-state index contributed by atoms with van der Waals surface area (Å²) < 4.78 is 24.0. The lowest BCUT2D eigenvalue weighted by Crippen LogP contribution is -1.98. The Morgan fingerprint density at radius 1 is 1.27 bits per heavy atom. The molecule has 0 aliphatic carbocycles. The van der Waals surface area contributed by atoms with Crippen molar-refractivity contribution in [3.63, 3.8) is 0 Å². The van der Waals surface area contributed by atoms with Crippen LogP contribution in [0.1, 0.15) is 0 Å². The van der Waals surface area contributed by atoms with E-state index in [9.17, 15) is 8.42 Å². The Hall–Kier alpha value is -0.910. The second-order valence-electron chi connectivity index (χ2n) is 2.73. The Morgan fingerprint density at radius 2 is 1.93 bits per heavy atom. The van der Waals surface area contributed by atoms with E-state index in [0.717, 1.165) is 11.3 Å². The van der Waals surface area contributed by atoms with Gasteiger partial charge in [-0.3, -0.25) is 0 Å². The second-order valence-corrected chi connectivity index (χ2v) is 6.17. The highest BCUT2D eigenvalue weighted by Gasteiger charge is 2.18. The van der Waals surface area contributed by atoms with Crippen molar-refractivity contribution in [3.05, 3.63) is 41.0 Å². The Morgan fingerprint density at radius 3 is 2.47 bits per heavy atom. The molecule has 6 heteroatoms. The minimum absolute atomic E-state index is 0.185. The minimum atomic E-state index is -3.45. The molecule has 0 aliphatic rings. The quantitative estimate of drug-likeness (QED) is 0.831. The molecule has 0 fully saturated rings. The van der Waals surface area contributed by atoms with Crippen molar-refractivity contribution in [2.75, 3.05) is 0 Å². The van der Waals surface area contributed by atoms with Gasteiger partial charge in [-0.25, -0.2) is 13.4 Å². The predicted octanol–water partition coefficient (Wildman–Crippen LogP) is 2.43. The third-order valence-corrected chi connectivity index (χ3v) is 4.95. The summed E-state index contributed by atoms with van der Waals surface area (Å²) in [4.78, 5) is 3.83. The van der Waals surface area contributed by atoms with Gasteiger partial charge in [0.05, 0.1) is 11.1 Å². The Kier molecular flexibility index (Phi) is 2.77. The zero-order chi connectivity index (χ0) is 10.9. The van der Waals surface area contributed by atoms with Crippen LogP contribution >= 0.6 is 22.9 Å². The summed E-state index contributed by atoms with van der Waals surface area (Å²) >= 11 is 6.65. The lowest BCUT2D eigenvalue weighted by molar-refractivity contribution is 0.598. The fraction of sp³-hybridized carbons (Fsp3) is 0. The number of aromatic nitrogens is 1. The molecule has 1 heterocycles. The van der Waals surface area contributed by atoms with Crippen molar-refractivity contribution >= 4 is 32.8 Å². The van der Waals surface area contributed by atoms with Gasteiger partial charge in [0.15, 0.2) is 5.51 Å². The standard InChI is InChI=1S/C9H5ClNO2S2/c10-7-1-3-8(4-2-7)15(12,13)9-5-11-6-14-9/h1-5H. The molecule has 2 aromatic rings. The van der Waals surface area contributed by atoms with Crippen molar-refractivity contribution in [2.24, 2.45) is 0 Å². The van der Waals surface area contributed by atoms with E-state index in [2.05, 4.69) is 10.5 Å². The molecule has 0 bridgehead atoms. The first-order valence-corrected chi connectivity index (χ1v) is 6.61. The molecule has 0 saturated carbocycles. The molecule has 1 aromatic heterocycles. The highest BCUT2D eigenvalue weighted by molar-refractivity contribution is 7.93. The summed E-state index contributed by atoms with van der Waals surface area (Å²) in [7, 11) is -3.45. The zero-order valence-electron chi connectivity index (χ0n) is 7.34. The van der Waals surface area contributed by atoms with E-state index in [1.54, 1.807) is 12.1 Å². The predicted molar refractivity (Wildman–Crippen MR) is 57.9 cm³/mol. The maximum Gasteiger partial charge on any atom is 0.217 e. The molecule has 2 rings (SSSR count). The molecule has 0 spiro atoms. The van der Waals surface area contributed by atoms with Gasteiger partial charge in [0, 0.05) is 5.02 Å². The van der Waals surface area contributed by atoms with Crippen LogP contribution in [-0.4, -0.2) is 13.4 Å². The summed E-state index contributed by atoms with van der Waals surface area (Å²) in [6, 6.07) is 6.02. The average Bonchev–Trinajstić information content (AvgIpc) is 2.71. The highest BCUT2D eigenvalue weighted by atomic mass is 35.5. The third kappa shape index (κ3) is 2.04. The first-order chi connectivity index (χ1) is 7.10. The van der Waals surface area contributed by atoms with Gasteiger partial charge in [-0.05, 0) is 24.3 Å². The molecule has 77 valence electrons. The summed E-state index contributed by atoms with van der Waals surface area (Å²) in [6.07, 6.45) is 1.29. The first-order valence-electron chi connectivity index (χ1n) is 3.93. The molecule has 0 aliphatic heterocycles. The number of halogens is 1. The van der Waals surface area contributed by atoms with Gasteiger partial charge in [-0.1, -0.05) is 22.9 Å². The minimum Gasteiger partial charge on any atom is -0.241 e. The fourth-order valence-electron chi connectivity index (χ4n) is 1.03. The number of thiazole rings is 1. The fourth-order valence-corrected chi connectivity index (χ4v) is 3.22. The first kappa shape index (κ1) is 10.6. The molecular formula is C9H5ClNO2S2. The van der Waals surface area contributed by atoms with E-state index in [-0.39, 0.29) is 9.10 Å². The van der Waals surface area contributed by atoms with Gasteiger partial charge >= 0.3 is 0 Å². The van der Waals surface area contributed by atoms with Crippen molar-refractivity contribution in [1.29, 1.82) is 0 Å². The SMILES string of the molecule is O=S(=O)(c1ccc(Cl)cc1)c1cn[c]s1. The number of hydrogen-bond acceptors (Lipinski definition) is 4. The highest BCUT2D eigenvalue weighted by Crippen LogP contribution is 2.24. The largest absolute Gasteiger partial charge is 0.241 e. The average molecular weight is 259 g/mol. The van der Waals surface area contributed by atoms with Crippen LogP contribution in [0.5, 0.6) is 0 Å². The molecule has 0 amide bonds. The monoisotopic (exact) mass is 258 g/mol. The summed E-state index contributed by atoms with van der Waals surface area (Å²) in [5.74, 6) is 0. The normalized spacial score (nSPS) is 11.5. The number of benzene rings is 1. The molecule has 1 aromatic carbocycles. The van der Waals surface area contributed by atoms with Gasteiger partial charge in [0.2, 0.25) is 9.84 Å². The molecule has 0 atom stereocenters. The lowest BCUT2D eigenvalue weighted by atomic mass is 10.4. The third-order valence-electron chi connectivity index (χ3n) is 1.76. The van der Waals surface area contributed by atoms with E-state index < -0.39 is 9.84 Å². The van der Waals surface area contributed by atoms with Gasteiger partial charge < -0.3 is 0 Å². The number of hydrogen-bond donors (Lipinski definition) is 0. The van der Waals surface area contributed by atoms with E-state index in [0.29, 0.717) is 5.02 Å². The Balaban J connectivity index is 2.52. The number of sulfone groups is 1. The van der Waals surface area contributed by atoms with Crippen molar-refractivity contribution in [3.8, 4) is 0 Å². The van der Waals surface area contributed by atoms with Gasteiger partial charge in [0.1, 0.15) is 4.21 Å². The van der Waals surface area contributed by atoms with Crippen LogP contribution in [0.25, 0.3) is 0 Å². The van der Waals surface area contributed by atoms with E-state index in [1.165, 1.54) is 18.3 Å². The van der Waals surface area contributed by atoms with Crippen LogP contribution in [0.15, 0.2) is 39.6 Å². The smallest absolute Gasteiger partial charge is 0.217 e. The van der Waals surface area contributed by atoms with Crippen molar-refractivity contribution in [2.45, 2.75) is 9.10 Å². The van der Waals surface area contributed by atoms with Crippen LogP contribution < -0.4 is 0 Å². The molecular weight excluding hydrogens is 254 g/mol. The summed E-state index contributed by atoms with van der Waals surface area (Å²) in [5, 5.41) is 0.504. The van der Waals surface area contributed by atoms with E-state index in [1.807, 2.05) is 0 Å². The number of nitrogens with zero attached hydrogens (tertiary/aromatic N) is 1. The maximum atomic E-state index is 11.9. The van der Waals surface area contributed by atoms with Gasteiger partial charge in [0.25, 0.3) is 0 Å². The zero-order valence-corrected chi connectivity index (χ0v) is 9.73. The van der Waals surface area contributed by atoms with Crippen LogP contribution in [0.4, 0.5) is 0 Å². The van der Waals surface area contributed by atoms with Gasteiger partial charge in [-0.2, -0.15) is 0 Å². The maximum absolute atomic E-state index is 11.9. The van der Waals surface area contributed by atoms with Crippen LogP contribution in [0.3, 0.4) is 0 Å². The topological polar surface area (TPSA) is 47.0 Å². The molecule has 3 nitrogen and oxygen atoms in total. The van der Waals surface area contributed by atoms with Crippen LogP contribution in [0.2, 0.25) is 5.02 Å². The lowest BCUT2D eigenvalue weighted by Gasteiger charge is -2.00. The van der Waals surface area contributed by atoms with Crippen molar-refractivity contribution in [1.82, 2.24) is 4.98 Å². The van der Waals surface area contributed by atoms with Crippen molar-refractivity contribution < 1.29 is 8.42 Å². The van der Waals surface area contributed by atoms with Gasteiger partial charge in [-0.15, -0.1) is 0 Å². The summed E-state index contributed by atoms with van der Waals surface area (Å²) in [6.45, 7) is 0. The molecule has 15 heavy (non-hydrogen) atoms. The van der Waals surface area contributed by atoms with Crippen LogP contribution in [-0.2, 0) is 9.84 Å². The molecule has 0 N–H and O–H groups in total. The summed E-state index contributed by atoms with van der Waals surface area (Å²) in [5.41, 5.74) is 2.50.